The van der Waals surface area contributed by atoms with Crippen LogP contribution in [0.25, 0.3) is 0 Å². The summed E-state index contributed by atoms with van der Waals surface area (Å²) in [6.45, 7) is 9.09. The van der Waals surface area contributed by atoms with Crippen LogP contribution in [-0.4, -0.2) is 37.2 Å². The van der Waals surface area contributed by atoms with Crippen molar-refractivity contribution in [2.75, 3.05) is 6.54 Å². The predicted octanol–water partition coefficient (Wildman–Crippen LogP) is 1.63. The van der Waals surface area contributed by atoms with Crippen molar-refractivity contribution in [1.82, 2.24) is 30.0 Å². The van der Waals surface area contributed by atoms with E-state index in [4.69, 9.17) is 0 Å². The van der Waals surface area contributed by atoms with E-state index >= 15 is 0 Å². The minimum absolute atomic E-state index is 0.171. The molecule has 7 nitrogen and oxygen atoms in total. The van der Waals surface area contributed by atoms with Crippen LogP contribution in [0.3, 0.4) is 0 Å². The van der Waals surface area contributed by atoms with Gasteiger partial charge >= 0.3 is 0 Å². The van der Waals surface area contributed by atoms with Gasteiger partial charge in [0.25, 0.3) is 5.91 Å². The lowest BCUT2D eigenvalue weighted by Gasteiger charge is -2.07. The van der Waals surface area contributed by atoms with E-state index in [1.165, 1.54) is 0 Å². The van der Waals surface area contributed by atoms with Crippen LogP contribution in [0.4, 0.5) is 0 Å². The fourth-order valence-electron chi connectivity index (χ4n) is 2.07. The van der Waals surface area contributed by atoms with Crippen LogP contribution in [0.2, 0.25) is 0 Å². The Morgan fingerprint density at radius 3 is 2.73 bits per heavy atom. The Morgan fingerprint density at radius 2 is 2.09 bits per heavy atom. The number of aromatic nitrogens is 5. The Kier molecular flexibility index (Phi) is 5.19. The maximum atomic E-state index is 12.1. The summed E-state index contributed by atoms with van der Waals surface area (Å²) in [6.07, 6.45) is 2.41. The molecule has 0 unspecified atom stereocenters. The fraction of sp³-hybridized carbons (Fsp3) is 0.533. The van der Waals surface area contributed by atoms with Crippen molar-refractivity contribution in [3.8, 4) is 0 Å². The minimum atomic E-state index is -0.171. The molecule has 0 fully saturated rings. The molecular formula is C15H22N6O. The zero-order valence-corrected chi connectivity index (χ0v) is 13.5. The van der Waals surface area contributed by atoms with E-state index in [0.717, 1.165) is 24.6 Å². The van der Waals surface area contributed by atoms with Gasteiger partial charge in [-0.25, -0.2) is 15.0 Å². The first-order valence-electron chi connectivity index (χ1n) is 7.46. The second-order valence-electron chi connectivity index (χ2n) is 5.49. The average Bonchev–Trinajstić information content (AvgIpc) is 2.81. The summed E-state index contributed by atoms with van der Waals surface area (Å²) in [7, 11) is 0. The van der Waals surface area contributed by atoms with Gasteiger partial charge in [0.2, 0.25) is 0 Å². The fourth-order valence-corrected chi connectivity index (χ4v) is 2.07. The predicted molar refractivity (Wildman–Crippen MR) is 82.6 cm³/mol. The van der Waals surface area contributed by atoms with E-state index in [-0.39, 0.29) is 11.8 Å². The van der Waals surface area contributed by atoms with Crippen LogP contribution in [-0.2, 0) is 6.54 Å². The van der Waals surface area contributed by atoms with Crippen molar-refractivity contribution in [2.45, 2.75) is 46.6 Å². The molecule has 7 heteroatoms. The molecule has 0 aliphatic carbocycles. The molecule has 2 rings (SSSR count). The van der Waals surface area contributed by atoms with Gasteiger partial charge in [-0.2, -0.15) is 5.10 Å². The largest absolute Gasteiger partial charge is 0.351 e. The Labute approximate surface area is 130 Å². The van der Waals surface area contributed by atoms with E-state index in [1.54, 1.807) is 12.3 Å². The second kappa shape index (κ2) is 7.11. The monoisotopic (exact) mass is 302 g/mol. The molecule has 0 radical (unpaired) electrons. The van der Waals surface area contributed by atoms with Gasteiger partial charge in [-0.3, -0.25) is 9.48 Å². The molecule has 2 heterocycles. The van der Waals surface area contributed by atoms with E-state index in [9.17, 15) is 4.79 Å². The van der Waals surface area contributed by atoms with Gasteiger partial charge in [0.1, 0.15) is 23.2 Å². The Bertz CT molecular complexity index is 649. The van der Waals surface area contributed by atoms with E-state index < -0.39 is 0 Å². The number of rotatable bonds is 6. The van der Waals surface area contributed by atoms with E-state index in [0.29, 0.717) is 18.1 Å². The third-order valence-electron chi connectivity index (χ3n) is 3.22. The van der Waals surface area contributed by atoms with Crippen LogP contribution >= 0.6 is 0 Å². The molecule has 1 N–H and O–H groups in total. The van der Waals surface area contributed by atoms with Gasteiger partial charge < -0.3 is 5.32 Å². The molecule has 2 aromatic rings. The molecule has 2 aromatic heterocycles. The summed E-state index contributed by atoms with van der Waals surface area (Å²) in [6, 6.07) is 1.63. The van der Waals surface area contributed by atoms with Crippen LogP contribution in [0, 0.1) is 13.8 Å². The third-order valence-corrected chi connectivity index (χ3v) is 3.22. The SMILES string of the molecule is Cc1nc(C)n(CCCNC(=O)c2ccnc(C(C)C)n2)n1. The van der Waals surface area contributed by atoms with E-state index in [1.807, 2.05) is 32.4 Å². The van der Waals surface area contributed by atoms with Crippen molar-refractivity contribution in [3.05, 3.63) is 35.4 Å². The summed E-state index contributed by atoms with van der Waals surface area (Å²) in [5, 5.41) is 7.16. The Balaban J connectivity index is 1.83. The van der Waals surface area contributed by atoms with Crippen molar-refractivity contribution in [3.63, 3.8) is 0 Å². The van der Waals surface area contributed by atoms with Gasteiger partial charge in [-0.05, 0) is 26.3 Å². The number of carbonyl (C=O) groups is 1. The van der Waals surface area contributed by atoms with E-state index in [2.05, 4.69) is 25.4 Å². The summed E-state index contributed by atoms with van der Waals surface area (Å²) in [5.74, 6) is 2.37. The highest BCUT2D eigenvalue weighted by Gasteiger charge is 2.10. The quantitative estimate of drug-likeness (QED) is 0.820. The molecule has 0 atom stereocenters. The molecule has 0 saturated heterocycles. The topological polar surface area (TPSA) is 85.6 Å². The first kappa shape index (κ1) is 16.1. The van der Waals surface area contributed by atoms with Crippen molar-refractivity contribution in [1.29, 1.82) is 0 Å². The molecule has 0 saturated carbocycles. The maximum Gasteiger partial charge on any atom is 0.270 e. The zero-order chi connectivity index (χ0) is 16.1. The van der Waals surface area contributed by atoms with Crippen molar-refractivity contribution >= 4 is 5.91 Å². The number of amides is 1. The number of hydrogen-bond donors (Lipinski definition) is 1. The number of nitrogens with zero attached hydrogens (tertiary/aromatic N) is 5. The highest BCUT2D eigenvalue weighted by atomic mass is 16.1. The number of carbonyl (C=O) groups excluding carboxylic acids is 1. The van der Waals surface area contributed by atoms with Gasteiger partial charge in [0.05, 0.1) is 0 Å². The van der Waals surface area contributed by atoms with Gasteiger partial charge in [-0.1, -0.05) is 13.8 Å². The molecule has 118 valence electrons. The molecule has 0 spiro atoms. The third kappa shape index (κ3) is 4.09. The van der Waals surface area contributed by atoms with Crippen molar-refractivity contribution in [2.24, 2.45) is 0 Å². The first-order valence-corrected chi connectivity index (χ1v) is 7.46. The standard InChI is InChI=1S/C15H22N6O/c1-10(2)14-16-8-6-13(19-14)15(22)17-7-5-9-21-12(4)18-11(3)20-21/h6,8,10H,5,7,9H2,1-4H3,(H,17,22). The van der Waals surface area contributed by atoms with Gasteiger partial charge in [0, 0.05) is 25.2 Å². The summed E-state index contributed by atoms with van der Waals surface area (Å²) in [5.41, 5.74) is 0.409. The lowest BCUT2D eigenvalue weighted by atomic mass is 10.2. The second-order valence-corrected chi connectivity index (χ2v) is 5.49. The number of hydrogen-bond acceptors (Lipinski definition) is 5. The molecule has 22 heavy (non-hydrogen) atoms. The van der Waals surface area contributed by atoms with Crippen molar-refractivity contribution < 1.29 is 4.79 Å². The van der Waals surface area contributed by atoms with Gasteiger partial charge in [0.15, 0.2) is 0 Å². The highest BCUT2D eigenvalue weighted by molar-refractivity contribution is 5.92. The Hall–Kier alpha value is -2.31. The van der Waals surface area contributed by atoms with Gasteiger partial charge in [-0.15, -0.1) is 0 Å². The van der Waals surface area contributed by atoms with Crippen LogP contribution in [0.15, 0.2) is 12.3 Å². The maximum absolute atomic E-state index is 12.1. The Morgan fingerprint density at radius 1 is 1.32 bits per heavy atom. The number of aryl methyl sites for hydroxylation is 3. The van der Waals surface area contributed by atoms with Crippen LogP contribution < -0.4 is 5.32 Å². The summed E-state index contributed by atoms with van der Waals surface area (Å²) >= 11 is 0. The highest BCUT2D eigenvalue weighted by Crippen LogP contribution is 2.08. The summed E-state index contributed by atoms with van der Waals surface area (Å²) in [4.78, 5) is 24.7. The summed E-state index contributed by atoms with van der Waals surface area (Å²) < 4.78 is 1.85. The minimum Gasteiger partial charge on any atom is -0.351 e. The molecule has 0 bridgehead atoms. The molecular weight excluding hydrogens is 280 g/mol. The average molecular weight is 302 g/mol. The molecule has 0 aliphatic heterocycles. The number of nitrogens with one attached hydrogen (secondary N) is 1. The first-order chi connectivity index (χ1) is 10.5. The molecule has 0 aliphatic rings. The molecule has 1 amide bonds. The molecule has 0 aromatic carbocycles. The van der Waals surface area contributed by atoms with Crippen LogP contribution in [0.5, 0.6) is 0 Å². The zero-order valence-electron chi connectivity index (χ0n) is 13.5. The normalized spacial score (nSPS) is 11.0. The van der Waals surface area contributed by atoms with Crippen LogP contribution in [0.1, 0.15) is 54.1 Å². The lowest BCUT2D eigenvalue weighted by molar-refractivity contribution is 0.0947. The lowest BCUT2D eigenvalue weighted by Crippen LogP contribution is -2.26. The smallest absolute Gasteiger partial charge is 0.270 e.